The van der Waals surface area contributed by atoms with Gasteiger partial charge in [-0.2, -0.15) is 0 Å². The van der Waals surface area contributed by atoms with E-state index in [9.17, 15) is 0 Å². The lowest BCUT2D eigenvalue weighted by Gasteiger charge is -2.34. The van der Waals surface area contributed by atoms with Crippen molar-refractivity contribution in [3.05, 3.63) is 18.2 Å². The summed E-state index contributed by atoms with van der Waals surface area (Å²) in [6.07, 6.45) is 3.74. The molecule has 0 aromatic heterocycles. The zero-order valence-corrected chi connectivity index (χ0v) is 11.1. The van der Waals surface area contributed by atoms with Crippen LogP contribution in [0.2, 0.25) is 0 Å². The number of piperidine rings is 1. The zero-order valence-electron chi connectivity index (χ0n) is 11.1. The van der Waals surface area contributed by atoms with Gasteiger partial charge in [0.05, 0.1) is 17.5 Å². The van der Waals surface area contributed by atoms with Crippen molar-refractivity contribution in [2.45, 2.75) is 32.3 Å². The highest BCUT2D eigenvalue weighted by Crippen LogP contribution is 2.26. The largest absolute Gasteiger partial charge is 0.397 e. The number of nitrogens with zero attached hydrogens (tertiary/aromatic N) is 1. The van der Waals surface area contributed by atoms with Crippen LogP contribution in [0.15, 0.2) is 18.2 Å². The van der Waals surface area contributed by atoms with Crippen molar-refractivity contribution < 1.29 is 4.74 Å². The monoisotopic (exact) mass is 249 g/mol. The molecule has 4 nitrogen and oxygen atoms in total. The molecule has 100 valence electrons. The van der Waals surface area contributed by atoms with Gasteiger partial charge in [-0.05, 0) is 37.5 Å². The first kappa shape index (κ1) is 13.0. The standard InChI is InChI=1S/C14H23N3O/c1-2-8-18-12-4-3-7-17(10-12)11-5-6-13(15)14(16)9-11/h5-6,9,12H,2-4,7-8,10,15-16H2,1H3. The van der Waals surface area contributed by atoms with Crippen LogP contribution in [-0.2, 0) is 4.74 Å². The van der Waals surface area contributed by atoms with Crippen molar-refractivity contribution >= 4 is 17.1 Å². The van der Waals surface area contributed by atoms with Gasteiger partial charge in [-0.15, -0.1) is 0 Å². The van der Waals surface area contributed by atoms with E-state index in [-0.39, 0.29) is 0 Å². The highest BCUT2D eigenvalue weighted by molar-refractivity contribution is 5.69. The fourth-order valence-corrected chi connectivity index (χ4v) is 2.35. The molecule has 0 bridgehead atoms. The molecule has 1 atom stereocenters. The molecule has 1 aromatic rings. The number of hydrogen-bond donors (Lipinski definition) is 2. The molecule has 2 rings (SSSR count). The van der Waals surface area contributed by atoms with E-state index >= 15 is 0 Å². The second-order valence-electron chi connectivity index (χ2n) is 4.89. The summed E-state index contributed by atoms with van der Waals surface area (Å²) in [5.74, 6) is 0. The average Bonchev–Trinajstić information content (AvgIpc) is 2.40. The van der Waals surface area contributed by atoms with E-state index in [1.54, 1.807) is 0 Å². The highest BCUT2D eigenvalue weighted by Gasteiger charge is 2.20. The Bertz CT molecular complexity index is 395. The maximum Gasteiger partial charge on any atom is 0.0750 e. The van der Waals surface area contributed by atoms with E-state index in [0.29, 0.717) is 17.5 Å². The molecule has 1 fully saturated rings. The summed E-state index contributed by atoms with van der Waals surface area (Å²) < 4.78 is 5.84. The van der Waals surface area contributed by atoms with Gasteiger partial charge in [-0.1, -0.05) is 6.92 Å². The summed E-state index contributed by atoms with van der Waals surface area (Å²) in [5.41, 5.74) is 14.1. The van der Waals surface area contributed by atoms with E-state index in [1.165, 1.54) is 6.42 Å². The van der Waals surface area contributed by atoms with E-state index in [1.807, 2.05) is 18.2 Å². The lowest BCUT2D eigenvalue weighted by molar-refractivity contribution is 0.0440. The van der Waals surface area contributed by atoms with Gasteiger partial charge in [-0.3, -0.25) is 0 Å². The minimum atomic E-state index is 0.345. The van der Waals surface area contributed by atoms with Gasteiger partial charge in [-0.25, -0.2) is 0 Å². The van der Waals surface area contributed by atoms with Gasteiger partial charge in [0.15, 0.2) is 0 Å². The summed E-state index contributed by atoms with van der Waals surface area (Å²) in [6.45, 7) is 5.00. The van der Waals surface area contributed by atoms with Crippen LogP contribution in [0.25, 0.3) is 0 Å². The van der Waals surface area contributed by atoms with Crippen molar-refractivity contribution in [2.75, 3.05) is 36.1 Å². The van der Waals surface area contributed by atoms with Crippen LogP contribution in [0.3, 0.4) is 0 Å². The van der Waals surface area contributed by atoms with Crippen LogP contribution in [0.1, 0.15) is 26.2 Å². The predicted molar refractivity (Wildman–Crippen MR) is 76.7 cm³/mol. The number of anilines is 3. The number of nitrogen functional groups attached to an aromatic ring is 2. The molecular weight excluding hydrogens is 226 g/mol. The molecule has 0 amide bonds. The Hall–Kier alpha value is -1.42. The molecule has 1 aromatic carbocycles. The van der Waals surface area contributed by atoms with E-state index in [2.05, 4.69) is 11.8 Å². The van der Waals surface area contributed by atoms with Gasteiger partial charge in [0, 0.05) is 25.4 Å². The molecular formula is C14H23N3O. The van der Waals surface area contributed by atoms with Crippen LogP contribution in [0, 0.1) is 0 Å². The lowest BCUT2D eigenvalue weighted by atomic mass is 10.1. The average molecular weight is 249 g/mol. The minimum Gasteiger partial charge on any atom is -0.397 e. The van der Waals surface area contributed by atoms with Gasteiger partial charge in [0.25, 0.3) is 0 Å². The van der Waals surface area contributed by atoms with Crippen molar-refractivity contribution in [1.82, 2.24) is 0 Å². The fraction of sp³-hybridized carbons (Fsp3) is 0.571. The predicted octanol–water partition coefficient (Wildman–Crippen LogP) is 2.25. The van der Waals surface area contributed by atoms with Crippen LogP contribution in [-0.4, -0.2) is 25.8 Å². The molecule has 4 N–H and O–H groups in total. The molecule has 1 aliphatic rings. The summed E-state index contributed by atoms with van der Waals surface area (Å²) in [5, 5.41) is 0. The molecule has 1 heterocycles. The Balaban J connectivity index is 2.01. The van der Waals surface area contributed by atoms with Crippen LogP contribution < -0.4 is 16.4 Å². The molecule has 1 aliphatic heterocycles. The fourth-order valence-electron chi connectivity index (χ4n) is 2.35. The third-order valence-corrected chi connectivity index (χ3v) is 3.37. The SMILES string of the molecule is CCCOC1CCCN(c2ccc(N)c(N)c2)C1. The summed E-state index contributed by atoms with van der Waals surface area (Å²) >= 11 is 0. The van der Waals surface area contributed by atoms with E-state index in [0.717, 1.165) is 38.2 Å². The first-order valence-corrected chi connectivity index (χ1v) is 6.72. The van der Waals surface area contributed by atoms with E-state index < -0.39 is 0 Å². The Labute approximate surface area is 109 Å². The summed E-state index contributed by atoms with van der Waals surface area (Å²) in [6, 6.07) is 5.87. The van der Waals surface area contributed by atoms with Crippen molar-refractivity contribution in [1.29, 1.82) is 0 Å². The maximum atomic E-state index is 5.86. The Morgan fingerprint density at radius 1 is 1.33 bits per heavy atom. The lowest BCUT2D eigenvalue weighted by Crippen LogP contribution is -2.39. The van der Waals surface area contributed by atoms with Crippen LogP contribution >= 0.6 is 0 Å². The second kappa shape index (κ2) is 5.96. The molecule has 0 spiro atoms. The molecule has 1 saturated heterocycles. The molecule has 4 heteroatoms. The first-order valence-electron chi connectivity index (χ1n) is 6.72. The number of rotatable bonds is 4. The molecule has 1 unspecified atom stereocenters. The number of ether oxygens (including phenoxy) is 1. The normalized spacial score (nSPS) is 20.1. The van der Waals surface area contributed by atoms with Crippen LogP contribution in [0.4, 0.5) is 17.1 Å². The molecule has 18 heavy (non-hydrogen) atoms. The first-order chi connectivity index (χ1) is 8.70. The Morgan fingerprint density at radius 3 is 2.89 bits per heavy atom. The summed E-state index contributed by atoms with van der Waals surface area (Å²) in [4.78, 5) is 2.33. The van der Waals surface area contributed by atoms with Gasteiger partial charge < -0.3 is 21.1 Å². The topological polar surface area (TPSA) is 64.5 Å². The molecule has 0 saturated carbocycles. The summed E-state index contributed by atoms with van der Waals surface area (Å²) in [7, 11) is 0. The Morgan fingerprint density at radius 2 is 2.17 bits per heavy atom. The van der Waals surface area contributed by atoms with Crippen molar-refractivity contribution in [3.8, 4) is 0 Å². The highest BCUT2D eigenvalue weighted by atomic mass is 16.5. The number of benzene rings is 1. The number of hydrogen-bond acceptors (Lipinski definition) is 4. The van der Waals surface area contributed by atoms with Crippen molar-refractivity contribution in [3.63, 3.8) is 0 Å². The van der Waals surface area contributed by atoms with Gasteiger partial charge in [0.1, 0.15) is 0 Å². The van der Waals surface area contributed by atoms with Crippen molar-refractivity contribution in [2.24, 2.45) is 0 Å². The van der Waals surface area contributed by atoms with Gasteiger partial charge >= 0.3 is 0 Å². The molecule has 0 aliphatic carbocycles. The van der Waals surface area contributed by atoms with Crippen LogP contribution in [0.5, 0.6) is 0 Å². The second-order valence-corrected chi connectivity index (χ2v) is 4.89. The molecule has 0 radical (unpaired) electrons. The van der Waals surface area contributed by atoms with E-state index in [4.69, 9.17) is 16.2 Å². The minimum absolute atomic E-state index is 0.345. The third-order valence-electron chi connectivity index (χ3n) is 3.37. The Kier molecular flexibility index (Phi) is 4.31. The zero-order chi connectivity index (χ0) is 13.0. The smallest absolute Gasteiger partial charge is 0.0750 e. The number of nitrogens with two attached hydrogens (primary N) is 2. The maximum absolute atomic E-state index is 5.86. The quantitative estimate of drug-likeness (QED) is 0.803. The van der Waals surface area contributed by atoms with Gasteiger partial charge in [0.2, 0.25) is 0 Å². The third kappa shape index (κ3) is 3.07.